The maximum atomic E-state index is 12.8. The highest BCUT2D eigenvalue weighted by Gasteiger charge is 2.16. The lowest BCUT2D eigenvalue weighted by Crippen LogP contribution is -2.37. The molecule has 2 aromatic carbocycles. The zero-order valence-electron chi connectivity index (χ0n) is 13.9. The highest BCUT2D eigenvalue weighted by molar-refractivity contribution is 5.99. The first-order valence-corrected chi connectivity index (χ1v) is 8.01. The Labute approximate surface area is 142 Å². The highest BCUT2D eigenvalue weighted by atomic mass is 16.2. The number of carbonyl (C=O) groups excluding carboxylic acids is 2. The number of hydrogen-bond acceptors (Lipinski definition) is 3. The second-order valence-corrected chi connectivity index (χ2v) is 5.48. The van der Waals surface area contributed by atoms with Crippen LogP contribution in [0.15, 0.2) is 54.6 Å². The van der Waals surface area contributed by atoms with Crippen LogP contribution >= 0.6 is 0 Å². The molecule has 126 valence electrons. The number of benzene rings is 2. The fraction of sp³-hybridized carbons (Fsp3) is 0.263. The molecular formula is C19H23N3O2. The van der Waals surface area contributed by atoms with Crippen LogP contribution in [0, 0.1) is 0 Å². The molecule has 24 heavy (non-hydrogen) atoms. The zero-order valence-corrected chi connectivity index (χ0v) is 13.9. The van der Waals surface area contributed by atoms with Gasteiger partial charge in [0.05, 0.1) is 0 Å². The molecule has 2 amide bonds. The van der Waals surface area contributed by atoms with Gasteiger partial charge in [-0.2, -0.15) is 0 Å². The largest absolute Gasteiger partial charge is 0.355 e. The summed E-state index contributed by atoms with van der Waals surface area (Å²) in [6, 6.07) is 16.8. The van der Waals surface area contributed by atoms with Gasteiger partial charge in [0.2, 0.25) is 0 Å². The molecule has 5 nitrogen and oxygen atoms in total. The third-order valence-electron chi connectivity index (χ3n) is 3.80. The summed E-state index contributed by atoms with van der Waals surface area (Å²) in [5.41, 5.74) is 7.80. The Balaban J connectivity index is 2.12. The summed E-state index contributed by atoms with van der Waals surface area (Å²) < 4.78 is 0. The van der Waals surface area contributed by atoms with Gasteiger partial charge in [0.25, 0.3) is 11.8 Å². The molecule has 0 aliphatic heterocycles. The minimum Gasteiger partial charge on any atom is -0.355 e. The van der Waals surface area contributed by atoms with E-state index in [-0.39, 0.29) is 11.8 Å². The van der Waals surface area contributed by atoms with E-state index in [1.54, 1.807) is 36.2 Å². The Kier molecular flexibility index (Phi) is 6.51. The zero-order chi connectivity index (χ0) is 17.4. The number of amides is 2. The monoisotopic (exact) mass is 325 g/mol. The molecule has 0 aliphatic carbocycles. The van der Waals surface area contributed by atoms with Crippen molar-refractivity contribution < 1.29 is 9.59 Å². The van der Waals surface area contributed by atoms with Crippen molar-refractivity contribution in [2.75, 3.05) is 26.7 Å². The summed E-state index contributed by atoms with van der Waals surface area (Å²) in [5, 5.41) is 2.56. The molecule has 2 rings (SSSR count). The second-order valence-electron chi connectivity index (χ2n) is 5.48. The molecule has 0 fully saturated rings. The van der Waals surface area contributed by atoms with Gasteiger partial charge in [-0.25, -0.2) is 0 Å². The van der Waals surface area contributed by atoms with Crippen molar-refractivity contribution in [1.29, 1.82) is 0 Å². The van der Waals surface area contributed by atoms with E-state index in [1.165, 1.54) is 5.56 Å². The van der Waals surface area contributed by atoms with Crippen molar-refractivity contribution in [3.8, 4) is 0 Å². The highest BCUT2D eigenvalue weighted by Crippen LogP contribution is 2.10. The second kappa shape index (κ2) is 8.84. The number of nitrogens with one attached hydrogen (secondary N) is 1. The fourth-order valence-electron chi connectivity index (χ4n) is 2.50. The van der Waals surface area contributed by atoms with Gasteiger partial charge in [0.15, 0.2) is 0 Å². The van der Waals surface area contributed by atoms with Crippen molar-refractivity contribution in [2.24, 2.45) is 5.73 Å². The van der Waals surface area contributed by atoms with Crippen LogP contribution in [0.4, 0.5) is 0 Å². The molecule has 0 aliphatic rings. The lowest BCUT2D eigenvalue weighted by Gasteiger charge is -2.22. The van der Waals surface area contributed by atoms with Crippen molar-refractivity contribution in [3.63, 3.8) is 0 Å². The van der Waals surface area contributed by atoms with Gasteiger partial charge < -0.3 is 16.0 Å². The van der Waals surface area contributed by atoms with Crippen molar-refractivity contribution in [2.45, 2.75) is 6.42 Å². The van der Waals surface area contributed by atoms with E-state index in [1.807, 2.05) is 30.3 Å². The minimum atomic E-state index is -0.209. The molecule has 0 radical (unpaired) electrons. The van der Waals surface area contributed by atoms with Gasteiger partial charge in [-0.3, -0.25) is 9.59 Å². The van der Waals surface area contributed by atoms with Gasteiger partial charge >= 0.3 is 0 Å². The first-order valence-electron chi connectivity index (χ1n) is 8.01. The average Bonchev–Trinajstić information content (AvgIpc) is 2.64. The van der Waals surface area contributed by atoms with Crippen LogP contribution in [0.3, 0.4) is 0 Å². The molecule has 3 N–H and O–H groups in total. The molecule has 0 aromatic heterocycles. The van der Waals surface area contributed by atoms with E-state index in [9.17, 15) is 9.59 Å². The molecule has 0 saturated carbocycles. The predicted molar refractivity (Wildman–Crippen MR) is 94.9 cm³/mol. The number of nitrogens with two attached hydrogens (primary N) is 1. The first kappa shape index (κ1) is 17.7. The van der Waals surface area contributed by atoms with Crippen LogP contribution in [0.1, 0.15) is 26.3 Å². The number of rotatable bonds is 7. The standard InChI is InChI=1S/C19H23N3O2/c1-21-18(23)16-8-5-9-17(14-16)19(24)22(13-11-20)12-10-15-6-3-2-4-7-15/h2-9,14H,10-13,20H2,1H3,(H,21,23). The number of nitrogens with zero attached hydrogens (tertiary/aromatic N) is 1. The summed E-state index contributed by atoms with van der Waals surface area (Å²) in [6.45, 7) is 1.47. The first-order chi connectivity index (χ1) is 11.7. The molecule has 0 saturated heterocycles. The third kappa shape index (κ3) is 4.67. The van der Waals surface area contributed by atoms with E-state index < -0.39 is 0 Å². The van der Waals surface area contributed by atoms with Crippen molar-refractivity contribution in [3.05, 3.63) is 71.3 Å². The molecule has 5 heteroatoms. The Morgan fingerprint density at radius 1 is 1.00 bits per heavy atom. The van der Waals surface area contributed by atoms with Crippen LogP contribution < -0.4 is 11.1 Å². The van der Waals surface area contributed by atoms with Crippen molar-refractivity contribution in [1.82, 2.24) is 10.2 Å². The Bertz CT molecular complexity index is 686. The molecule has 0 atom stereocenters. The van der Waals surface area contributed by atoms with E-state index >= 15 is 0 Å². The summed E-state index contributed by atoms with van der Waals surface area (Å²) >= 11 is 0. The van der Waals surface area contributed by atoms with Crippen molar-refractivity contribution >= 4 is 11.8 Å². The van der Waals surface area contributed by atoms with Crippen LogP contribution in [0.5, 0.6) is 0 Å². The topological polar surface area (TPSA) is 75.4 Å². The Morgan fingerprint density at radius 2 is 1.71 bits per heavy atom. The maximum absolute atomic E-state index is 12.8. The normalized spacial score (nSPS) is 10.2. The molecule has 0 unspecified atom stereocenters. The number of carbonyl (C=O) groups is 2. The predicted octanol–water partition coefficient (Wildman–Crippen LogP) is 1.69. The van der Waals surface area contributed by atoms with E-state index in [0.717, 1.165) is 6.42 Å². The third-order valence-corrected chi connectivity index (χ3v) is 3.80. The average molecular weight is 325 g/mol. The number of hydrogen-bond donors (Lipinski definition) is 2. The van der Waals surface area contributed by atoms with Gasteiger partial charge in [-0.05, 0) is 30.2 Å². The SMILES string of the molecule is CNC(=O)c1cccc(C(=O)N(CCN)CCc2ccccc2)c1. The lowest BCUT2D eigenvalue weighted by molar-refractivity contribution is 0.0762. The fourth-order valence-corrected chi connectivity index (χ4v) is 2.50. The smallest absolute Gasteiger partial charge is 0.253 e. The molecular weight excluding hydrogens is 302 g/mol. The van der Waals surface area contributed by atoms with E-state index in [2.05, 4.69) is 5.32 Å². The summed E-state index contributed by atoms with van der Waals surface area (Å²) in [7, 11) is 1.57. The summed E-state index contributed by atoms with van der Waals surface area (Å²) in [4.78, 5) is 26.2. The molecule has 0 heterocycles. The van der Waals surface area contributed by atoms with Gasteiger partial charge in [0, 0.05) is 37.8 Å². The van der Waals surface area contributed by atoms with Crippen LogP contribution in [0.2, 0.25) is 0 Å². The van der Waals surface area contributed by atoms with E-state index in [4.69, 9.17) is 5.73 Å². The quantitative estimate of drug-likeness (QED) is 0.813. The lowest BCUT2D eigenvalue weighted by atomic mass is 10.1. The molecule has 0 spiro atoms. The van der Waals surface area contributed by atoms with Gasteiger partial charge in [0.1, 0.15) is 0 Å². The van der Waals surface area contributed by atoms with Crippen LogP contribution in [0.25, 0.3) is 0 Å². The summed E-state index contributed by atoms with van der Waals surface area (Å²) in [6.07, 6.45) is 0.766. The Morgan fingerprint density at radius 3 is 2.38 bits per heavy atom. The summed E-state index contributed by atoms with van der Waals surface area (Å²) in [5.74, 6) is -0.318. The molecule has 0 bridgehead atoms. The van der Waals surface area contributed by atoms with Crippen LogP contribution in [-0.2, 0) is 6.42 Å². The Hall–Kier alpha value is -2.66. The molecule has 2 aromatic rings. The van der Waals surface area contributed by atoms with Gasteiger partial charge in [-0.15, -0.1) is 0 Å². The van der Waals surface area contributed by atoms with Gasteiger partial charge in [-0.1, -0.05) is 36.4 Å². The van der Waals surface area contributed by atoms with Crippen LogP contribution in [-0.4, -0.2) is 43.4 Å². The minimum absolute atomic E-state index is 0.109. The van der Waals surface area contributed by atoms with E-state index in [0.29, 0.717) is 30.8 Å². The maximum Gasteiger partial charge on any atom is 0.253 e.